The number of nitrogen functional groups attached to an aromatic ring is 1. The Morgan fingerprint density at radius 1 is 1.44 bits per heavy atom. The van der Waals surface area contributed by atoms with Crippen molar-refractivity contribution in [2.24, 2.45) is 0 Å². The summed E-state index contributed by atoms with van der Waals surface area (Å²) in [5.74, 6) is -0.122. The molecule has 1 atom stereocenters. The van der Waals surface area contributed by atoms with E-state index in [1.807, 2.05) is 13.0 Å². The van der Waals surface area contributed by atoms with Crippen LogP contribution in [0.3, 0.4) is 0 Å². The molecule has 1 aromatic carbocycles. The van der Waals surface area contributed by atoms with Crippen molar-refractivity contribution in [2.45, 2.75) is 19.9 Å². The van der Waals surface area contributed by atoms with E-state index in [1.54, 1.807) is 42.1 Å². The van der Waals surface area contributed by atoms with Crippen molar-refractivity contribution >= 4 is 17.3 Å². The van der Waals surface area contributed by atoms with Gasteiger partial charge in [-0.1, -0.05) is 6.07 Å². The average molecular weight is 244 g/mol. The molecular formula is C13H16N4O. The van der Waals surface area contributed by atoms with Gasteiger partial charge in [0, 0.05) is 17.6 Å². The monoisotopic (exact) mass is 244 g/mol. The van der Waals surface area contributed by atoms with Crippen LogP contribution in [0.2, 0.25) is 0 Å². The second kappa shape index (κ2) is 4.91. The van der Waals surface area contributed by atoms with Crippen molar-refractivity contribution in [1.29, 1.82) is 0 Å². The van der Waals surface area contributed by atoms with Gasteiger partial charge in [0.05, 0.1) is 5.69 Å². The summed E-state index contributed by atoms with van der Waals surface area (Å²) in [6.45, 7) is 3.69. The molecule has 1 amide bonds. The maximum Gasteiger partial charge on any atom is 0.248 e. The second-order valence-corrected chi connectivity index (χ2v) is 4.23. The predicted octanol–water partition coefficient (Wildman–Crippen LogP) is 1.97. The fraction of sp³-hybridized carbons (Fsp3) is 0.231. The van der Waals surface area contributed by atoms with Crippen LogP contribution in [0.25, 0.3) is 0 Å². The number of nitrogens with zero attached hydrogens (tertiary/aromatic N) is 2. The molecule has 0 saturated heterocycles. The van der Waals surface area contributed by atoms with E-state index in [1.165, 1.54) is 0 Å². The van der Waals surface area contributed by atoms with Gasteiger partial charge in [-0.25, -0.2) is 0 Å². The first kappa shape index (κ1) is 12.2. The van der Waals surface area contributed by atoms with Crippen molar-refractivity contribution in [1.82, 2.24) is 9.78 Å². The van der Waals surface area contributed by atoms with E-state index in [0.29, 0.717) is 11.4 Å². The first-order chi connectivity index (χ1) is 8.56. The number of amides is 1. The number of nitrogens with one attached hydrogen (secondary N) is 1. The minimum atomic E-state index is -0.361. The highest BCUT2D eigenvalue weighted by Crippen LogP contribution is 2.14. The zero-order chi connectivity index (χ0) is 13.1. The number of hydrogen-bond acceptors (Lipinski definition) is 3. The molecule has 2 rings (SSSR count). The van der Waals surface area contributed by atoms with Crippen LogP contribution in [-0.4, -0.2) is 15.7 Å². The molecule has 3 N–H and O–H groups in total. The highest BCUT2D eigenvalue weighted by molar-refractivity contribution is 5.93. The third-order valence-electron chi connectivity index (χ3n) is 2.67. The number of rotatable bonds is 3. The van der Waals surface area contributed by atoms with Crippen molar-refractivity contribution in [3.63, 3.8) is 0 Å². The second-order valence-electron chi connectivity index (χ2n) is 4.23. The SMILES string of the molecule is Cc1ccn(C(C)C(=O)Nc2cccc(N)c2)n1. The molecule has 0 aliphatic rings. The lowest BCUT2D eigenvalue weighted by Gasteiger charge is -2.12. The summed E-state index contributed by atoms with van der Waals surface area (Å²) in [6.07, 6.45) is 1.79. The average Bonchev–Trinajstić information content (AvgIpc) is 2.75. The molecule has 18 heavy (non-hydrogen) atoms. The molecule has 0 aliphatic carbocycles. The van der Waals surface area contributed by atoms with Gasteiger partial charge in [0.2, 0.25) is 5.91 Å². The number of benzene rings is 1. The van der Waals surface area contributed by atoms with Gasteiger partial charge in [-0.05, 0) is 38.1 Å². The maximum absolute atomic E-state index is 12.0. The molecule has 0 aliphatic heterocycles. The summed E-state index contributed by atoms with van der Waals surface area (Å²) in [5.41, 5.74) is 7.85. The number of carbonyl (C=O) groups excluding carboxylic acids is 1. The highest BCUT2D eigenvalue weighted by atomic mass is 16.2. The van der Waals surface area contributed by atoms with Crippen LogP contribution in [0.1, 0.15) is 18.7 Å². The Hall–Kier alpha value is -2.30. The van der Waals surface area contributed by atoms with Crippen LogP contribution in [-0.2, 0) is 4.79 Å². The van der Waals surface area contributed by atoms with Gasteiger partial charge in [0.1, 0.15) is 6.04 Å². The summed E-state index contributed by atoms with van der Waals surface area (Å²) in [7, 11) is 0. The number of nitrogens with two attached hydrogens (primary N) is 1. The molecule has 0 bridgehead atoms. The summed E-state index contributed by atoms with van der Waals surface area (Å²) in [6, 6.07) is 8.60. The standard InChI is InChI=1S/C13H16N4O/c1-9-6-7-17(16-9)10(2)13(18)15-12-5-3-4-11(14)8-12/h3-8,10H,14H2,1-2H3,(H,15,18). The molecule has 94 valence electrons. The summed E-state index contributed by atoms with van der Waals surface area (Å²) in [5, 5.41) is 7.03. The van der Waals surface area contributed by atoms with Gasteiger partial charge in [0.25, 0.3) is 0 Å². The molecule has 5 heteroatoms. The van der Waals surface area contributed by atoms with Crippen LogP contribution in [0.15, 0.2) is 36.5 Å². The van der Waals surface area contributed by atoms with E-state index in [4.69, 9.17) is 5.73 Å². The molecule has 1 aromatic heterocycles. The number of aryl methyl sites for hydroxylation is 1. The van der Waals surface area contributed by atoms with Crippen LogP contribution in [0, 0.1) is 6.92 Å². The zero-order valence-electron chi connectivity index (χ0n) is 10.4. The lowest BCUT2D eigenvalue weighted by atomic mass is 10.2. The molecule has 0 radical (unpaired) electrons. The highest BCUT2D eigenvalue weighted by Gasteiger charge is 2.15. The van der Waals surface area contributed by atoms with Crippen molar-refractivity contribution in [2.75, 3.05) is 11.1 Å². The largest absolute Gasteiger partial charge is 0.399 e. The first-order valence-corrected chi connectivity index (χ1v) is 5.74. The fourth-order valence-corrected chi connectivity index (χ4v) is 1.63. The third kappa shape index (κ3) is 2.68. The van der Waals surface area contributed by atoms with E-state index in [2.05, 4.69) is 10.4 Å². The van der Waals surface area contributed by atoms with Crippen molar-refractivity contribution in [3.05, 3.63) is 42.2 Å². The van der Waals surface area contributed by atoms with E-state index in [-0.39, 0.29) is 11.9 Å². The predicted molar refractivity (Wildman–Crippen MR) is 71.2 cm³/mol. The number of carbonyl (C=O) groups is 1. The van der Waals surface area contributed by atoms with E-state index in [9.17, 15) is 4.79 Å². The molecule has 5 nitrogen and oxygen atoms in total. The van der Waals surface area contributed by atoms with Crippen LogP contribution in [0.5, 0.6) is 0 Å². The summed E-state index contributed by atoms with van der Waals surface area (Å²) >= 11 is 0. The van der Waals surface area contributed by atoms with Gasteiger partial charge in [0.15, 0.2) is 0 Å². The van der Waals surface area contributed by atoms with Crippen LogP contribution >= 0.6 is 0 Å². The smallest absolute Gasteiger partial charge is 0.248 e. The topological polar surface area (TPSA) is 72.9 Å². The Morgan fingerprint density at radius 3 is 2.83 bits per heavy atom. The lowest BCUT2D eigenvalue weighted by Crippen LogP contribution is -2.24. The Labute approximate surface area is 106 Å². The quantitative estimate of drug-likeness (QED) is 0.811. The molecule has 2 aromatic rings. The molecule has 1 heterocycles. The van der Waals surface area contributed by atoms with Crippen molar-refractivity contribution < 1.29 is 4.79 Å². The first-order valence-electron chi connectivity index (χ1n) is 5.74. The zero-order valence-corrected chi connectivity index (χ0v) is 10.4. The molecule has 1 unspecified atom stereocenters. The fourth-order valence-electron chi connectivity index (χ4n) is 1.63. The maximum atomic E-state index is 12.0. The minimum Gasteiger partial charge on any atom is -0.399 e. The Kier molecular flexibility index (Phi) is 3.32. The number of hydrogen-bond donors (Lipinski definition) is 2. The Morgan fingerprint density at radius 2 is 2.22 bits per heavy atom. The molecular weight excluding hydrogens is 228 g/mol. The van der Waals surface area contributed by atoms with E-state index >= 15 is 0 Å². The molecule has 0 saturated carbocycles. The minimum absolute atomic E-state index is 0.122. The normalized spacial score (nSPS) is 12.1. The van der Waals surface area contributed by atoms with Gasteiger partial charge in [-0.3, -0.25) is 9.48 Å². The van der Waals surface area contributed by atoms with Gasteiger partial charge in [-0.2, -0.15) is 5.10 Å². The lowest BCUT2D eigenvalue weighted by molar-refractivity contribution is -0.119. The van der Waals surface area contributed by atoms with Gasteiger partial charge < -0.3 is 11.1 Å². The number of anilines is 2. The summed E-state index contributed by atoms with van der Waals surface area (Å²) < 4.78 is 1.64. The Balaban J connectivity index is 2.08. The third-order valence-corrected chi connectivity index (χ3v) is 2.67. The summed E-state index contributed by atoms with van der Waals surface area (Å²) in [4.78, 5) is 12.0. The van der Waals surface area contributed by atoms with Gasteiger partial charge in [-0.15, -0.1) is 0 Å². The van der Waals surface area contributed by atoms with Crippen LogP contribution in [0.4, 0.5) is 11.4 Å². The number of aromatic nitrogens is 2. The van der Waals surface area contributed by atoms with Crippen LogP contribution < -0.4 is 11.1 Å². The van der Waals surface area contributed by atoms with Gasteiger partial charge >= 0.3 is 0 Å². The Bertz CT molecular complexity index is 562. The molecule has 0 spiro atoms. The van der Waals surface area contributed by atoms with E-state index in [0.717, 1.165) is 5.69 Å². The molecule has 0 fully saturated rings. The van der Waals surface area contributed by atoms with E-state index < -0.39 is 0 Å². The van der Waals surface area contributed by atoms with Crippen molar-refractivity contribution in [3.8, 4) is 0 Å².